The lowest BCUT2D eigenvalue weighted by Gasteiger charge is -2.26. The number of carbonyl (C=O) groups is 4. The minimum atomic E-state index is -1.18. The predicted octanol–water partition coefficient (Wildman–Crippen LogP) is -1.58. The maximum atomic E-state index is 12.7. The summed E-state index contributed by atoms with van der Waals surface area (Å²) in [5.74, 6) is -2.74. The van der Waals surface area contributed by atoms with Crippen LogP contribution in [0.2, 0.25) is 0 Å². The van der Waals surface area contributed by atoms with Crippen molar-refractivity contribution in [3.8, 4) is 0 Å². The molecule has 0 bridgehead atoms. The van der Waals surface area contributed by atoms with Gasteiger partial charge < -0.3 is 32.5 Å². The number of aliphatic imine (C=N–C) groups is 1. The Balaban J connectivity index is 2.72. The highest BCUT2D eigenvalue weighted by molar-refractivity contribution is 5.95. The Morgan fingerprint density at radius 3 is 2.50 bits per heavy atom. The van der Waals surface area contributed by atoms with Gasteiger partial charge >= 0.3 is 5.97 Å². The summed E-state index contributed by atoms with van der Waals surface area (Å²) in [6.07, 6.45) is 1.72. The number of aliphatic carboxylic acids is 1. The van der Waals surface area contributed by atoms with Gasteiger partial charge in [-0.3, -0.25) is 19.4 Å². The molecule has 1 fully saturated rings. The van der Waals surface area contributed by atoms with Gasteiger partial charge in [-0.1, -0.05) is 20.3 Å². The molecule has 11 heteroatoms. The van der Waals surface area contributed by atoms with Crippen LogP contribution in [0.5, 0.6) is 0 Å². The number of nitrogens with zero attached hydrogens (tertiary/aromatic N) is 1. The Morgan fingerprint density at radius 2 is 2.00 bits per heavy atom. The van der Waals surface area contributed by atoms with Crippen LogP contribution in [0, 0.1) is 5.92 Å². The first kappa shape index (κ1) is 23.2. The van der Waals surface area contributed by atoms with Crippen molar-refractivity contribution in [2.45, 2.75) is 64.1 Å². The first-order chi connectivity index (χ1) is 13.1. The van der Waals surface area contributed by atoms with Crippen LogP contribution < -0.4 is 27.4 Å². The molecule has 1 aliphatic rings. The summed E-state index contributed by atoms with van der Waals surface area (Å²) in [7, 11) is 0. The third-order valence-electron chi connectivity index (χ3n) is 4.66. The SMILES string of the molecule is CC[C@H](C)[C@@H](NC(=O)[C@@H]1CCC(=O)N1)C(=O)N[C@H](CCCN=C(N)N)C(=O)O. The molecule has 0 aromatic heterocycles. The number of nitrogens with two attached hydrogens (primary N) is 2. The maximum Gasteiger partial charge on any atom is 0.326 e. The van der Waals surface area contributed by atoms with E-state index < -0.39 is 35.9 Å². The minimum absolute atomic E-state index is 0.0885. The van der Waals surface area contributed by atoms with E-state index in [1.165, 1.54) is 0 Å². The molecule has 0 unspecified atom stereocenters. The van der Waals surface area contributed by atoms with Crippen molar-refractivity contribution in [1.29, 1.82) is 0 Å². The Kier molecular flexibility index (Phi) is 9.19. The van der Waals surface area contributed by atoms with E-state index in [1.54, 1.807) is 6.92 Å². The highest BCUT2D eigenvalue weighted by atomic mass is 16.4. The van der Waals surface area contributed by atoms with Crippen LogP contribution in [0.4, 0.5) is 0 Å². The fraction of sp³-hybridized carbons (Fsp3) is 0.706. The number of carboxylic acids is 1. The van der Waals surface area contributed by atoms with E-state index >= 15 is 0 Å². The number of hydrogen-bond donors (Lipinski definition) is 6. The second kappa shape index (κ2) is 11.1. The average molecular weight is 398 g/mol. The van der Waals surface area contributed by atoms with Crippen LogP contribution in [0.1, 0.15) is 46.0 Å². The van der Waals surface area contributed by atoms with E-state index in [0.29, 0.717) is 19.3 Å². The van der Waals surface area contributed by atoms with Gasteiger partial charge in [0.25, 0.3) is 0 Å². The van der Waals surface area contributed by atoms with E-state index in [4.69, 9.17) is 11.5 Å². The van der Waals surface area contributed by atoms with Gasteiger partial charge in [-0.05, 0) is 25.2 Å². The molecular formula is C17H30N6O5. The third-order valence-corrected chi connectivity index (χ3v) is 4.66. The molecule has 1 aliphatic heterocycles. The van der Waals surface area contributed by atoms with Crippen molar-refractivity contribution in [3.05, 3.63) is 0 Å². The zero-order valence-electron chi connectivity index (χ0n) is 16.2. The van der Waals surface area contributed by atoms with Crippen molar-refractivity contribution in [1.82, 2.24) is 16.0 Å². The Labute approximate surface area is 163 Å². The van der Waals surface area contributed by atoms with Crippen LogP contribution >= 0.6 is 0 Å². The molecule has 0 saturated carbocycles. The average Bonchev–Trinajstić information content (AvgIpc) is 3.07. The topological polar surface area (TPSA) is 189 Å². The van der Waals surface area contributed by atoms with Crippen molar-refractivity contribution in [3.63, 3.8) is 0 Å². The zero-order chi connectivity index (χ0) is 21.3. The lowest BCUT2D eigenvalue weighted by molar-refractivity contribution is -0.142. The number of rotatable bonds is 11. The van der Waals surface area contributed by atoms with Gasteiger partial charge in [0.2, 0.25) is 17.7 Å². The highest BCUT2D eigenvalue weighted by Crippen LogP contribution is 2.12. The van der Waals surface area contributed by atoms with Crippen molar-refractivity contribution in [2.75, 3.05) is 6.54 Å². The van der Waals surface area contributed by atoms with Gasteiger partial charge in [-0.25, -0.2) is 4.79 Å². The molecule has 4 atom stereocenters. The standard InChI is InChI=1S/C17H30N6O5/c1-3-9(2)13(23-14(25)10-6-7-12(24)21-10)15(26)22-11(16(27)28)5-4-8-20-17(18)19/h9-11,13H,3-8H2,1-2H3,(H,21,24)(H,22,26)(H,23,25)(H,27,28)(H4,18,19,20)/t9-,10-,11+,13+/m0/s1. The lowest BCUT2D eigenvalue weighted by atomic mass is 9.97. The fourth-order valence-corrected chi connectivity index (χ4v) is 2.79. The van der Waals surface area contributed by atoms with Crippen LogP contribution in [0.3, 0.4) is 0 Å². The Bertz CT molecular complexity index is 619. The summed E-state index contributed by atoms with van der Waals surface area (Å²) in [6.45, 7) is 3.89. The first-order valence-corrected chi connectivity index (χ1v) is 9.34. The van der Waals surface area contributed by atoms with Crippen LogP contribution in [-0.4, -0.2) is 59.4 Å². The molecule has 11 nitrogen and oxygen atoms in total. The van der Waals surface area contributed by atoms with E-state index in [-0.39, 0.29) is 37.2 Å². The summed E-state index contributed by atoms with van der Waals surface area (Å²) in [6, 6.07) is -2.72. The molecule has 8 N–H and O–H groups in total. The molecule has 158 valence electrons. The largest absolute Gasteiger partial charge is 0.480 e. The van der Waals surface area contributed by atoms with Crippen LogP contribution in [0.15, 0.2) is 4.99 Å². The molecule has 0 aliphatic carbocycles. The molecule has 0 spiro atoms. The summed E-state index contributed by atoms with van der Waals surface area (Å²) >= 11 is 0. The second-order valence-electron chi connectivity index (χ2n) is 6.88. The smallest absolute Gasteiger partial charge is 0.326 e. The van der Waals surface area contributed by atoms with Gasteiger partial charge in [0.05, 0.1) is 0 Å². The molecule has 1 heterocycles. The van der Waals surface area contributed by atoms with E-state index in [2.05, 4.69) is 20.9 Å². The zero-order valence-corrected chi connectivity index (χ0v) is 16.2. The van der Waals surface area contributed by atoms with Gasteiger partial charge in [0.1, 0.15) is 18.1 Å². The van der Waals surface area contributed by atoms with E-state index in [0.717, 1.165) is 0 Å². The third kappa shape index (κ3) is 7.41. The molecule has 0 radical (unpaired) electrons. The van der Waals surface area contributed by atoms with Crippen molar-refractivity contribution in [2.24, 2.45) is 22.4 Å². The first-order valence-electron chi connectivity index (χ1n) is 9.34. The molecule has 28 heavy (non-hydrogen) atoms. The summed E-state index contributed by atoms with van der Waals surface area (Å²) in [4.78, 5) is 51.6. The van der Waals surface area contributed by atoms with Gasteiger partial charge in [-0.15, -0.1) is 0 Å². The summed E-state index contributed by atoms with van der Waals surface area (Å²) in [5.41, 5.74) is 10.4. The van der Waals surface area contributed by atoms with Crippen molar-refractivity contribution >= 4 is 29.7 Å². The molecule has 3 amide bonds. The number of carboxylic acid groups (broad SMARTS) is 1. The monoisotopic (exact) mass is 398 g/mol. The van der Waals surface area contributed by atoms with E-state index in [9.17, 15) is 24.3 Å². The number of carbonyl (C=O) groups excluding carboxylic acids is 3. The number of amides is 3. The number of nitrogens with one attached hydrogen (secondary N) is 3. The minimum Gasteiger partial charge on any atom is -0.480 e. The van der Waals surface area contributed by atoms with Gasteiger partial charge in [0.15, 0.2) is 5.96 Å². The van der Waals surface area contributed by atoms with E-state index in [1.807, 2.05) is 6.92 Å². The normalized spacial score (nSPS) is 19.1. The van der Waals surface area contributed by atoms with Crippen molar-refractivity contribution < 1.29 is 24.3 Å². The van der Waals surface area contributed by atoms with Crippen LogP contribution in [-0.2, 0) is 19.2 Å². The molecule has 1 rings (SSSR count). The molecule has 0 aromatic rings. The Morgan fingerprint density at radius 1 is 1.32 bits per heavy atom. The number of hydrogen-bond acceptors (Lipinski definition) is 5. The molecule has 1 saturated heterocycles. The molecular weight excluding hydrogens is 368 g/mol. The van der Waals surface area contributed by atoms with Crippen LogP contribution in [0.25, 0.3) is 0 Å². The second-order valence-corrected chi connectivity index (χ2v) is 6.88. The fourth-order valence-electron chi connectivity index (χ4n) is 2.79. The predicted molar refractivity (Wildman–Crippen MR) is 102 cm³/mol. The number of guanidine groups is 1. The lowest BCUT2D eigenvalue weighted by Crippen LogP contribution is -2.56. The van der Waals surface area contributed by atoms with Gasteiger partial charge in [0, 0.05) is 13.0 Å². The summed E-state index contributed by atoms with van der Waals surface area (Å²) in [5, 5.41) is 17.0. The Hall–Kier alpha value is -2.85. The van der Waals surface area contributed by atoms with Gasteiger partial charge in [-0.2, -0.15) is 0 Å². The summed E-state index contributed by atoms with van der Waals surface area (Å²) < 4.78 is 0. The molecule has 0 aromatic carbocycles. The quantitative estimate of drug-likeness (QED) is 0.137. The highest BCUT2D eigenvalue weighted by Gasteiger charge is 2.33. The maximum absolute atomic E-state index is 12.7.